The van der Waals surface area contributed by atoms with Crippen molar-refractivity contribution in [1.29, 1.82) is 0 Å². The molecule has 0 aliphatic heterocycles. The average molecular weight is 336 g/mol. The Bertz CT molecular complexity index is 613. The third-order valence-electron chi connectivity index (χ3n) is 3.31. The number of nitrogens with two attached hydrogens (primary N) is 1. The molecule has 6 heteroatoms. The van der Waals surface area contributed by atoms with E-state index in [1.807, 2.05) is 55.5 Å². The largest absolute Gasteiger partial charge is 0.497 e. The first-order valence-corrected chi connectivity index (χ1v) is 7.12. The number of urea groups is 1. The van der Waals surface area contributed by atoms with Crippen molar-refractivity contribution >= 4 is 24.1 Å². The summed E-state index contributed by atoms with van der Waals surface area (Å²) in [6.45, 7) is 2.37. The van der Waals surface area contributed by atoms with Gasteiger partial charge in [0.05, 0.1) is 7.11 Å². The van der Waals surface area contributed by atoms with Gasteiger partial charge >= 0.3 is 6.03 Å². The van der Waals surface area contributed by atoms with E-state index in [0.29, 0.717) is 6.54 Å². The fourth-order valence-electron chi connectivity index (χ4n) is 1.97. The van der Waals surface area contributed by atoms with Crippen LogP contribution in [0, 0.1) is 0 Å². The molecule has 0 aliphatic rings. The smallest absolute Gasteiger partial charge is 0.319 e. The maximum absolute atomic E-state index is 11.9. The predicted molar refractivity (Wildman–Crippen MR) is 95.1 cm³/mol. The first-order chi connectivity index (χ1) is 10.6. The maximum Gasteiger partial charge on any atom is 0.319 e. The molecular formula is C17H22ClN3O2. The molecule has 0 heterocycles. The Labute approximate surface area is 142 Å². The lowest BCUT2D eigenvalue weighted by atomic mass is 10.1. The highest BCUT2D eigenvalue weighted by atomic mass is 35.5. The fraction of sp³-hybridized carbons (Fsp3) is 0.235. The highest BCUT2D eigenvalue weighted by molar-refractivity contribution is 5.89. The first kappa shape index (κ1) is 18.8. The molecule has 0 saturated carbocycles. The number of benzene rings is 2. The molecule has 0 aromatic heterocycles. The van der Waals surface area contributed by atoms with Crippen LogP contribution in [0.4, 0.5) is 10.5 Å². The SMILES string of the molecule is COc1ccc(CNC(=O)Nc2ccc([C@H](C)N)cc2)cc1.Cl. The molecular weight excluding hydrogens is 314 g/mol. The van der Waals surface area contributed by atoms with Gasteiger partial charge in [-0.15, -0.1) is 12.4 Å². The standard InChI is InChI=1S/C17H21N3O2.ClH/c1-12(18)14-5-7-15(8-6-14)20-17(21)19-11-13-3-9-16(22-2)10-4-13;/h3-10,12H,11,18H2,1-2H3,(H2,19,20,21);1H/t12-;/m0./s1. The number of rotatable bonds is 5. The minimum absolute atomic E-state index is 0. The van der Waals surface area contributed by atoms with Crippen LogP contribution in [0.15, 0.2) is 48.5 Å². The van der Waals surface area contributed by atoms with E-state index in [1.165, 1.54) is 0 Å². The van der Waals surface area contributed by atoms with Gasteiger partial charge in [-0.1, -0.05) is 24.3 Å². The second-order valence-corrected chi connectivity index (χ2v) is 5.07. The van der Waals surface area contributed by atoms with Gasteiger partial charge in [-0.3, -0.25) is 0 Å². The van der Waals surface area contributed by atoms with Crippen LogP contribution in [-0.4, -0.2) is 13.1 Å². The van der Waals surface area contributed by atoms with Gasteiger partial charge in [0.25, 0.3) is 0 Å². The van der Waals surface area contributed by atoms with Gasteiger partial charge in [0.15, 0.2) is 0 Å². The lowest BCUT2D eigenvalue weighted by Gasteiger charge is -2.10. The number of nitrogens with one attached hydrogen (secondary N) is 2. The highest BCUT2D eigenvalue weighted by Crippen LogP contribution is 2.14. The molecule has 23 heavy (non-hydrogen) atoms. The van der Waals surface area contributed by atoms with E-state index in [0.717, 1.165) is 22.6 Å². The average Bonchev–Trinajstić information content (AvgIpc) is 2.54. The van der Waals surface area contributed by atoms with Crippen LogP contribution < -0.4 is 21.1 Å². The molecule has 0 saturated heterocycles. The quantitative estimate of drug-likeness (QED) is 0.783. The van der Waals surface area contributed by atoms with E-state index >= 15 is 0 Å². The normalized spacial score (nSPS) is 11.1. The van der Waals surface area contributed by atoms with Gasteiger partial charge in [0, 0.05) is 18.3 Å². The molecule has 2 aromatic carbocycles. The Kier molecular flexibility index (Phi) is 7.38. The van der Waals surface area contributed by atoms with Crippen LogP contribution in [-0.2, 0) is 6.54 Å². The number of ether oxygens (including phenoxy) is 1. The van der Waals surface area contributed by atoms with Crippen molar-refractivity contribution in [1.82, 2.24) is 5.32 Å². The molecule has 2 aromatic rings. The van der Waals surface area contributed by atoms with E-state index in [4.69, 9.17) is 10.5 Å². The molecule has 0 spiro atoms. The zero-order chi connectivity index (χ0) is 15.9. The molecule has 4 N–H and O–H groups in total. The Morgan fingerprint density at radius 1 is 1.13 bits per heavy atom. The van der Waals surface area contributed by atoms with Gasteiger partial charge in [0.1, 0.15) is 5.75 Å². The van der Waals surface area contributed by atoms with Crippen LogP contribution in [0.2, 0.25) is 0 Å². The lowest BCUT2D eigenvalue weighted by Crippen LogP contribution is -2.28. The summed E-state index contributed by atoms with van der Waals surface area (Å²) in [4.78, 5) is 11.9. The summed E-state index contributed by atoms with van der Waals surface area (Å²) < 4.78 is 5.09. The molecule has 2 amide bonds. The zero-order valence-electron chi connectivity index (χ0n) is 13.2. The van der Waals surface area contributed by atoms with Crippen molar-refractivity contribution in [2.24, 2.45) is 5.73 Å². The van der Waals surface area contributed by atoms with Crippen molar-refractivity contribution in [3.8, 4) is 5.75 Å². The van der Waals surface area contributed by atoms with Crippen molar-refractivity contribution < 1.29 is 9.53 Å². The zero-order valence-corrected chi connectivity index (χ0v) is 14.0. The molecule has 0 unspecified atom stereocenters. The number of anilines is 1. The van der Waals surface area contributed by atoms with Crippen molar-refractivity contribution in [2.45, 2.75) is 19.5 Å². The molecule has 2 rings (SSSR count). The summed E-state index contributed by atoms with van der Waals surface area (Å²) in [6, 6.07) is 14.8. The summed E-state index contributed by atoms with van der Waals surface area (Å²) >= 11 is 0. The predicted octanol–water partition coefficient (Wildman–Crippen LogP) is 3.46. The van der Waals surface area contributed by atoms with E-state index in [-0.39, 0.29) is 24.5 Å². The van der Waals surface area contributed by atoms with Crippen LogP contribution >= 0.6 is 12.4 Å². The van der Waals surface area contributed by atoms with E-state index in [2.05, 4.69) is 10.6 Å². The van der Waals surface area contributed by atoms with E-state index in [1.54, 1.807) is 7.11 Å². The van der Waals surface area contributed by atoms with Crippen LogP contribution in [0.1, 0.15) is 24.1 Å². The molecule has 0 bridgehead atoms. The van der Waals surface area contributed by atoms with Gasteiger partial charge in [-0.05, 0) is 42.3 Å². The Morgan fingerprint density at radius 2 is 1.74 bits per heavy atom. The summed E-state index contributed by atoms with van der Waals surface area (Å²) in [7, 11) is 1.62. The monoisotopic (exact) mass is 335 g/mol. The molecule has 124 valence electrons. The Morgan fingerprint density at radius 3 is 2.26 bits per heavy atom. The third kappa shape index (κ3) is 5.81. The topological polar surface area (TPSA) is 76.4 Å². The number of hydrogen-bond acceptors (Lipinski definition) is 3. The van der Waals surface area contributed by atoms with Crippen LogP contribution in [0.3, 0.4) is 0 Å². The lowest BCUT2D eigenvalue weighted by molar-refractivity contribution is 0.251. The fourth-order valence-corrected chi connectivity index (χ4v) is 1.97. The van der Waals surface area contributed by atoms with Crippen molar-refractivity contribution in [2.75, 3.05) is 12.4 Å². The number of amides is 2. The number of halogens is 1. The minimum atomic E-state index is -0.246. The molecule has 0 radical (unpaired) electrons. The first-order valence-electron chi connectivity index (χ1n) is 7.12. The van der Waals surface area contributed by atoms with Gasteiger partial charge in [-0.25, -0.2) is 4.79 Å². The molecule has 1 atom stereocenters. The third-order valence-corrected chi connectivity index (χ3v) is 3.31. The summed E-state index contributed by atoms with van der Waals surface area (Å²) in [5, 5.41) is 5.59. The van der Waals surface area contributed by atoms with Gasteiger partial charge < -0.3 is 21.1 Å². The number of carbonyl (C=O) groups excluding carboxylic acids is 1. The Hall–Kier alpha value is -2.24. The van der Waals surface area contributed by atoms with Gasteiger partial charge in [-0.2, -0.15) is 0 Å². The maximum atomic E-state index is 11.9. The second kappa shape index (κ2) is 9.02. The van der Waals surface area contributed by atoms with E-state index < -0.39 is 0 Å². The van der Waals surface area contributed by atoms with E-state index in [9.17, 15) is 4.79 Å². The molecule has 0 aliphatic carbocycles. The summed E-state index contributed by atoms with van der Waals surface area (Å²) in [5.41, 5.74) is 8.56. The molecule has 5 nitrogen and oxygen atoms in total. The van der Waals surface area contributed by atoms with Crippen LogP contribution in [0.25, 0.3) is 0 Å². The molecule has 0 fully saturated rings. The summed E-state index contributed by atoms with van der Waals surface area (Å²) in [6.07, 6.45) is 0. The second-order valence-electron chi connectivity index (χ2n) is 5.07. The highest BCUT2D eigenvalue weighted by Gasteiger charge is 2.03. The number of hydrogen-bond donors (Lipinski definition) is 3. The summed E-state index contributed by atoms with van der Waals surface area (Å²) in [5.74, 6) is 0.794. The van der Waals surface area contributed by atoms with Crippen molar-refractivity contribution in [3.05, 3.63) is 59.7 Å². The minimum Gasteiger partial charge on any atom is -0.497 e. The number of carbonyl (C=O) groups is 1. The Balaban J connectivity index is 0.00000264. The van der Waals surface area contributed by atoms with Gasteiger partial charge in [0.2, 0.25) is 0 Å². The van der Waals surface area contributed by atoms with Crippen molar-refractivity contribution in [3.63, 3.8) is 0 Å². The van der Waals surface area contributed by atoms with Crippen LogP contribution in [0.5, 0.6) is 5.75 Å². The number of methoxy groups -OCH3 is 1.